The van der Waals surface area contributed by atoms with E-state index in [1.54, 1.807) is 16.7 Å². The molecule has 5 nitrogen and oxygen atoms in total. The maximum Gasteiger partial charge on any atom is 0.0577 e. The third-order valence-electron chi connectivity index (χ3n) is 55.9. The van der Waals surface area contributed by atoms with Crippen LogP contribution in [0.25, 0.3) is 0 Å². The first-order chi connectivity index (χ1) is 69.6. The Labute approximate surface area is 911 Å². The van der Waals surface area contributed by atoms with E-state index in [0.29, 0.717) is 54.7 Å². The van der Waals surface area contributed by atoms with Crippen molar-refractivity contribution >= 4 is 0 Å². The lowest BCUT2D eigenvalue weighted by Crippen LogP contribution is -2.54. The highest BCUT2D eigenvalue weighted by Gasteiger charge is 2.67. The molecule has 844 valence electrons. The molecule has 0 heterocycles. The molecule has 47 atom stereocenters. The van der Waals surface area contributed by atoms with Crippen molar-refractivity contribution < 1.29 is 25.5 Å². The number of aliphatic hydroxyl groups is 5. The number of rotatable bonds is 27. The van der Waals surface area contributed by atoms with Crippen LogP contribution in [0.1, 0.15) is 541 Å². The summed E-state index contributed by atoms with van der Waals surface area (Å²) in [5, 5.41) is 51.2. The van der Waals surface area contributed by atoms with Crippen LogP contribution in [-0.2, 0) is 0 Å². The van der Waals surface area contributed by atoms with E-state index in [0.717, 1.165) is 283 Å². The monoisotopic (exact) mass is 2030 g/mol. The molecular formula is C142H246O5. The Balaban J connectivity index is 0.000000131. The van der Waals surface area contributed by atoms with Gasteiger partial charge in [0, 0.05) is 0 Å². The van der Waals surface area contributed by atoms with Crippen molar-refractivity contribution in [2.45, 2.75) is 572 Å². The van der Waals surface area contributed by atoms with Crippen molar-refractivity contribution in [2.24, 2.45) is 274 Å². The SMILES string of the molecule is CC(C)C(C)CCC(C)C1CCC2C1CCC1C2CC=C2CC(O)CCC21C.CC(C)C(C)CCC(C)C1CCC2C3CCC4CC(O)CCC4(C)C3CCC12C.CCC(C=CC(C)C1CCC2C3CC=C4CC(O)CCC4(C)C3CCC12C)C(C)C.CCC(CCC(C)C1CCC2C3CC=C4CC(O)CCC4(C)C3CCC12C)C(C)C.CCC(CCC(C)C1CCC2C3CCC4CC(O)CCC4(C)C3CCC12C)C(C)C. The minimum Gasteiger partial charge on any atom is -0.393 e. The molecule has 147 heavy (non-hydrogen) atoms. The highest BCUT2D eigenvalue weighted by molar-refractivity contribution is 5.29. The van der Waals surface area contributed by atoms with Crippen molar-refractivity contribution in [3.05, 3.63) is 47.1 Å². The van der Waals surface area contributed by atoms with E-state index in [9.17, 15) is 25.5 Å². The van der Waals surface area contributed by atoms with Crippen LogP contribution >= 0.6 is 0 Å². The van der Waals surface area contributed by atoms with Gasteiger partial charge in [-0.2, -0.15) is 0 Å². The zero-order valence-corrected chi connectivity index (χ0v) is 102. The Morgan fingerprint density at radius 3 is 0.946 bits per heavy atom. The van der Waals surface area contributed by atoms with Crippen LogP contribution in [0.15, 0.2) is 47.1 Å². The maximum atomic E-state index is 10.3. The Kier molecular flexibility index (Phi) is 38.9. The molecule has 0 saturated heterocycles. The summed E-state index contributed by atoms with van der Waals surface area (Å²) >= 11 is 0. The van der Waals surface area contributed by atoms with E-state index in [4.69, 9.17) is 0 Å². The fraction of sp³-hybridized carbons (Fsp3) is 0.944. The van der Waals surface area contributed by atoms with Gasteiger partial charge in [0.15, 0.2) is 0 Å². The molecule has 20 rings (SSSR count). The molecule has 0 amide bonds. The average molecular weight is 2030 g/mol. The maximum absolute atomic E-state index is 10.3. The second-order valence-corrected chi connectivity index (χ2v) is 63.6. The Bertz CT molecular complexity index is 4270. The van der Waals surface area contributed by atoms with Gasteiger partial charge in [0.2, 0.25) is 0 Å². The number of fused-ring (bicyclic) bond motifs is 25. The fourth-order valence-electron chi connectivity index (χ4n) is 45.4. The molecule has 0 spiro atoms. The van der Waals surface area contributed by atoms with E-state index in [1.165, 1.54) is 276 Å². The van der Waals surface area contributed by atoms with Gasteiger partial charge < -0.3 is 25.5 Å². The average Bonchev–Trinajstić information content (AvgIpc) is 1.71. The van der Waals surface area contributed by atoms with E-state index < -0.39 is 0 Å². The summed E-state index contributed by atoms with van der Waals surface area (Å²) in [7, 11) is 0. The lowest BCUT2D eigenvalue weighted by molar-refractivity contribution is -0.129. The third kappa shape index (κ3) is 23.4. The van der Waals surface area contributed by atoms with Gasteiger partial charge in [-0.15, -0.1) is 0 Å². The van der Waals surface area contributed by atoms with Crippen molar-refractivity contribution in [1.29, 1.82) is 0 Å². The zero-order valence-electron chi connectivity index (χ0n) is 102. The molecule has 0 aromatic rings. The molecular weight excluding hydrogens is 1790 g/mol. The van der Waals surface area contributed by atoms with Crippen LogP contribution < -0.4 is 0 Å². The molecule has 5 heteroatoms. The van der Waals surface area contributed by atoms with E-state index >= 15 is 0 Å². The van der Waals surface area contributed by atoms with Gasteiger partial charge in [0.05, 0.1) is 30.5 Å². The summed E-state index contributed by atoms with van der Waals surface area (Å²) in [6.07, 6.45) is 83.7. The van der Waals surface area contributed by atoms with Crippen LogP contribution in [0.4, 0.5) is 0 Å². The topological polar surface area (TPSA) is 101 Å². The normalized spacial score (nSPS) is 46.6. The number of hydrogen-bond donors (Lipinski definition) is 5. The van der Waals surface area contributed by atoms with Gasteiger partial charge in [0.1, 0.15) is 0 Å². The number of aliphatic hydroxyl groups excluding tert-OH is 5. The first kappa shape index (κ1) is 118. The number of allylic oxidation sites excluding steroid dienone is 5. The molecule has 20 aliphatic rings. The highest BCUT2D eigenvalue weighted by atomic mass is 16.3. The van der Waals surface area contributed by atoms with E-state index in [-0.39, 0.29) is 30.5 Å². The van der Waals surface area contributed by atoms with Crippen LogP contribution in [0.5, 0.6) is 0 Å². The molecule has 17 fully saturated rings. The third-order valence-corrected chi connectivity index (χ3v) is 55.9. The zero-order chi connectivity index (χ0) is 106. The van der Waals surface area contributed by atoms with Crippen molar-refractivity contribution in [3.63, 3.8) is 0 Å². The summed E-state index contributed by atoms with van der Waals surface area (Å²) in [5.41, 5.74) is 9.40. The largest absolute Gasteiger partial charge is 0.393 e. The Morgan fingerprint density at radius 2 is 0.571 bits per heavy atom. The van der Waals surface area contributed by atoms with Gasteiger partial charge in [-0.25, -0.2) is 0 Å². The van der Waals surface area contributed by atoms with E-state index in [1.807, 2.05) is 0 Å². The first-order valence-corrected chi connectivity index (χ1v) is 66.8. The molecule has 0 radical (unpaired) electrons. The Morgan fingerprint density at radius 1 is 0.259 bits per heavy atom. The van der Waals surface area contributed by atoms with Crippen LogP contribution in [0.3, 0.4) is 0 Å². The molecule has 0 bridgehead atoms. The van der Waals surface area contributed by atoms with Crippen molar-refractivity contribution in [2.75, 3.05) is 0 Å². The summed E-state index contributed by atoms with van der Waals surface area (Å²) < 4.78 is 0. The quantitative estimate of drug-likeness (QED) is 0.0528. The van der Waals surface area contributed by atoms with Gasteiger partial charge in [-0.05, 0) is 563 Å². The summed E-state index contributed by atoms with van der Waals surface area (Å²) in [5.74, 6) is 34.1. The van der Waals surface area contributed by atoms with E-state index in [2.05, 4.69) is 231 Å². The molecule has 47 unspecified atom stereocenters. The lowest BCUT2D eigenvalue weighted by atomic mass is 9.44. The van der Waals surface area contributed by atoms with Gasteiger partial charge >= 0.3 is 0 Å². The van der Waals surface area contributed by atoms with Crippen LogP contribution in [-0.4, -0.2) is 56.1 Å². The summed E-state index contributed by atoms with van der Waals surface area (Å²) in [6, 6.07) is 0. The predicted octanol–water partition coefficient (Wildman–Crippen LogP) is 38.9. The minimum absolute atomic E-state index is 0.0107. The predicted molar refractivity (Wildman–Crippen MR) is 627 cm³/mol. The van der Waals surface area contributed by atoms with Crippen LogP contribution in [0.2, 0.25) is 0 Å². The molecule has 0 aromatic carbocycles. The van der Waals surface area contributed by atoms with Gasteiger partial charge in [-0.1, -0.05) is 299 Å². The first-order valence-electron chi connectivity index (χ1n) is 66.8. The van der Waals surface area contributed by atoms with Gasteiger partial charge in [-0.3, -0.25) is 0 Å². The molecule has 20 aliphatic carbocycles. The Hall–Kier alpha value is -1.24. The van der Waals surface area contributed by atoms with Crippen molar-refractivity contribution in [1.82, 2.24) is 0 Å². The minimum atomic E-state index is -0.0870. The summed E-state index contributed by atoms with van der Waals surface area (Å²) in [6.45, 7) is 72.7. The molecule has 5 N–H and O–H groups in total. The number of hydrogen-bond acceptors (Lipinski definition) is 5. The highest BCUT2D eigenvalue weighted by Crippen LogP contribution is 2.75. The van der Waals surface area contributed by atoms with Crippen LogP contribution in [0, 0.1) is 274 Å². The lowest BCUT2D eigenvalue weighted by Gasteiger charge is -2.61. The molecule has 17 saturated carbocycles. The molecule has 0 aliphatic heterocycles. The summed E-state index contributed by atoms with van der Waals surface area (Å²) in [4.78, 5) is 0. The standard InChI is InChI=1S/C29H52O.C29H50O.C29H48O.C28H50O.C27H46O/c3*1-7-21(19(2)3)9-8-20(4)25-12-13-26-24-11-10-22-18-23(30)14-16-28(22,5)27(24)15-17-29(25,26)6;1-18(2)19(3)7-8-20(4)24-11-12-25-23-10-9-21-17-22(29)13-15-27(21,5)26(23)14-16-28(24,25)6;1-17(2)18(3)6-7-19(4)22-10-11-24-23(22)12-13-26-25(24)9-8-20-16-21(28)14-15-27(20,26)5/h19-27,30H,7-18H2,1-6H3;10,19-21,23-27,30H,7-9,11-18H2,1-6H3;8-10,19-21,23-27,30H,7,11-18H2,1-6H3;18-26,29H,7-17H2,1-6H3;8,17-19,21-26,28H,6-7,9-16H2,1-5H3. The van der Waals surface area contributed by atoms with Gasteiger partial charge in [0.25, 0.3) is 0 Å². The smallest absolute Gasteiger partial charge is 0.0577 e. The second-order valence-electron chi connectivity index (χ2n) is 63.6. The van der Waals surface area contributed by atoms with Crippen molar-refractivity contribution in [3.8, 4) is 0 Å². The molecule has 0 aromatic heterocycles. The fourth-order valence-corrected chi connectivity index (χ4v) is 45.4. The second kappa shape index (κ2) is 48.3.